The van der Waals surface area contributed by atoms with Crippen LogP contribution in [0.5, 0.6) is 0 Å². The molecule has 1 aromatic carbocycles. The highest BCUT2D eigenvalue weighted by molar-refractivity contribution is 7.92. The van der Waals surface area contributed by atoms with Gasteiger partial charge in [-0.2, -0.15) is 0 Å². The van der Waals surface area contributed by atoms with E-state index in [0.29, 0.717) is 24.2 Å². The van der Waals surface area contributed by atoms with Crippen molar-refractivity contribution in [3.8, 4) is 0 Å². The summed E-state index contributed by atoms with van der Waals surface area (Å²) in [4.78, 5) is 12.2. The van der Waals surface area contributed by atoms with Crippen LogP contribution in [-0.4, -0.2) is 26.6 Å². The van der Waals surface area contributed by atoms with Gasteiger partial charge in [0.2, 0.25) is 10.0 Å². The van der Waals surface area contributed by atoms with E-state index in [1.54, 1.807) is 24.3 Å². The first-order chi connectivity index (χ1) is 11.5. The number of carbonyl (C=O) groups excluding carboxylic acids is 1. The maximum absolute atomic E-state index is 12.2. The fourth-order valence-electron chi connectivity index (χ4n) is 3.19. The van der Waals surface area contributed by atoms with Crippen LogP contribution in [0.15, 0.2) is 24.3 Å². The number of benzene rings is 1. The van der Waals surface area contributed by atoms with Crippen molar-refractivity contribution in [2.24, 2.45) is 5.92 Å². The zero-order valence-corrected chi connectivity index (χ0v) is 15.2. The predicted molar refractivity (Wildman–Crippen MR) is 97.7 cm³/mol. The maximum Gasteiger partial charge on any atom is 0.251 e. The molecule has 1 aromatic rings. The number of sulfonamides is 1. The molecule has 0 spiro atoms. The SMILES string of the molecule is CCCS(=O)(=O)Nc1cccc(C(=O)NCCC2CCCCC2)c1. The molecule has 1 fully saturated rings. The molecule has 0 aromatic heterocycles. The first-order valence-corrected chi connectivity index (χ1v) is 10.5. The topological polar surface area (TPSA) is 75.3 Å². The minimum absolute atomic E-state index is 0.0742. The summed E-state index contributed by atoms with van der Waals surface area (Å²) >= 11 is 0. The fraction of sp³-hybridized carbons (Fsp3) is 0.611. The molecule has 2 N–H and O–H groups in total. The quantitative estimate of drug-likeness (QED) is 0.751. The molecule has 1 saturated carbocycles. The summed E-state index contributed by atoms with van der Waals surface area (Å²) in [5.74, 6) is 0.652. The lowest BCUT2D eigenvalue weighted by Crippen LogP contribution is -2.26. The molecule has 0 atom stereocenters. The molecule has 0 saturated heterocycles. The molecule has 5 nitrogen and oxygen atoms in total. The van der Waals surface area contributed by atoms with Crippen LogP contribution in [0.1, 0.15) is 62.2 Å². The molecule has 24 heavy (non-hydrogen) atoms. The van der Waals surface area contributed by atoms with Gasteiger partial charge in [0.15, 0.2) is 0 Å². The van der Waals surface area contributed by atoms with E-state index in [9.17, 15) is 13.2 Å². The number of hydrogen-bond acceptors (Lipinski definition) is 3. The van der Waals surface area contributed by atoms with Gasteiger partial charge in [-0.05, 0) is 37.0 Å². The highest BCUT2D eigenvalue weighted by atomic mass is 32.2. The van der Waals surface area contributed by atoms with Gasteiger partial charge in [-0.15, -0.1) is 0 Å². The largest absolute Gasteiger partial charge is 0.352 e. The van der Waals surface area contributed by atoms with Crippen molar-refractivity contribution in [2.45, 2.75) is 51.9 Å². The van der Waals surface area contributed by atoms with Crippen molar-refractivity contribution in [3.63, 3.8) is 0 Å². The Kier molecular flexibility index (Phi) is 7.09. The molecule has 1 amide bonds. The first-order valence-electron chi connectivity index (χ1n) is 8.89. The van der Waals surface area contributed by atoms with Crippen LogP contribution < -0.4 is 10.0 Å². The lowest BCUT2D eigenvalue weighted by atomic mass is 9.87. The number of carbonyl (C=O) groups is 1. The maximum atomic E-state index is 12.2. The van der Waals surface area contributed by atoms with Crippen molar-refractivity contribution >= 4 is 21.6 Å². The van der Waals surface area contributed by atoms with Crippen molar-refractivity contribution in [2.75, 3.05) is 17.0 Å². The van der Waals surface area contributed by atoms with Gasteiger partial charge in [0.25, 0.3) is 5.91 Å². The van der Waals surface area contributed by atoms with Crippen molar-refractivity contribution in [1.82, 2.24) is 5.32 Å². The summed E-state index contributed by atoms with van der Waals surface area (Å²) < 4.78 is 26.1. The number of nitrogens with one attached hydrogen (secondary N) is 2. The van der Waals surface area contributed by atoms with E-state index < -0.39 is 10.0 Å². The van der Waals surface area contributed by atoms with Crippen LogP contribution in [0.3, 0.4) is 0 Å². The van der Waals surface area contributed by atoms with E-state index in [0.717, 1.165) is 12.3 Å². The molecule has 1 aliphatic rings. The van der Waals surface area contributed by atoms with E-state index in [1.807, 2.05) is 6.92 Å². The van der Waals surface area contributed by atoms with Gasteiger partial charge in [-0.3, -0.25) is 9.52 Å². The summed E-state index contributed by atoms with van der Waals surface area (Å²) in [6.07, 6.45) is 8.06. The second-order valence-corrected chi connectivity index (χ2v) is 8.39. The van der Waals surface area contributed by atoms with Gasteiger partial charge < -0.3 is 5.32 Å². The van der Waals surface area contributed by atoms with E-state index in [-0.39, 0.29) is 11.7 Å². The molecule has 1 aliphatic carbocycles. The Labute approximate surface area is 145 Å². The summed E-state index contributed by atoms with van der Waals surface area (Å²) in [7, 11) is -3.34. The molecule has 2 rings (SSSR count). The second kappa shape index (κ2) is 9.06. The predicted octanol–water partition coefficient (Wildman–Crippen LogP) is 3.54. The third kappa shape index (κ3) is 6.15. The summed E-state index contributed by atoms with van der Waals surface area (Å²) in [5, 5.41) is 2.95. The summed E-state index contributed by atoms with van der Waals surface area (Å²) in [5.41, 5.74) is 0.915. The van der Waals surface area contributed by atoms with Gasteiger partial charge in [-0.1, -0.05) is 45.1 Å². The van der Waals surface area contributed by atoms with Crippen molar-refractivity contribution in [3.05, 3.63) is 29.8 Å². The number of amides is 1. The zero-order valence-electron chi connectivity index (χ0n) is 14.4. The van der Waals surface area contributed by atoms with Crippen LogP contribution in [0.4, 0.5) is 5.69 Å². The standard InChI is InChI=1S/C18H28N2O3S/c1-2-13-24(22,23)20-17-10-6-9-16(14-17)18(21)19-12-11-15-7-4-3-5-8-15/h6,9-10,14-15,20H,2-5,7-8,11-13H2,1H3,(H,19,21). The van der Waals surface area contributed by atoms with Crippen LogP contribution in [-0.2, 0) is 10.0 Å². The lowest BCUT2D eigenvalue weighted by molar-refractivity contribution is 0.0950. The van der Waals surface area contributed by atoms with Crippen LogP contribution in [0.25, 0.3) is 0 Å². The highest BCUT2D eigenvalue weighted by Gasteiger charge is 2.14. The molecule has 6 heteroatoms. The van der Waals surface area contributed by atoms with Gasteiger partial charge in [-0.25, -0.2) is 8.42 Å². The lowest BCUT2D eigenvalue weighted by Gasteiger charge is -2.21. The molecule has 0 bridgehead atoms. The third-order valence-corrected chi connectivity index (χ3v) is 5.93. The average molecular weight is 353 g/mol. The van der Waals surface area contributed by atoms with Crippen molar-refractivity contribution < 1.29 is 13.2 Å². The average Bonchev–Trinajstić information content (AvgIpc) is 2.55. The Bertz CT molecular complexity index is 637. The molecule has 134 valence electrons. The van der Waals surface area contributed by atoms with Gasteiger partial charge in [0.05, 0.1) is 5.75 Å². The summed E-state index contributed by atoms with van der Waals surface area (Å²) in [6.45, 7) is 2.49. The minimum atomic E-state index is -3.34. The van der Waals surface area contributed by atoms with E-state index in [2.05, 4.69) is 10.0 Å². The Hall–Kier alpha value is -1.56. The van der Waals surface area contributed by atoms with Gasteiger partial charge >= 0.3 is 0 Å². The normalized spacial score (nSPS) is 15.9. The first kappa shape index (κ1) is 18.8. The van der Waals surface area contributed by atoms with Crippen LogP contribution >= 0.6 is 0 Å². The Morgan fingerprint density at radius 2 is 1.96 bits per heavy atom. The highest BCUT2D eigenvalue weighted by Crippen LogP contribution is 2.25. The number of hydrogen-bond donors (Lipinski definition) is 2. The van der Waals surface area contributed by atoms with Gasteiger partial charge in [0.1, 0.15) is 0 Å². The Morgan fingerprint density at radius 3 is 2.67 bits per heavy atom. The van der Waals surface area contributed by atoms with E-state index in [4.69, 9.17) is 0 Å². The Morgan fingerprint density at radius 1 is 1.21 bits per heavy atom. The van der Waals surface area contributed by atoms with Crippen LogP contribution in [0, 0.1) is 5.92 Å². The summed E-state index contributed by atoms with van der Waals surface area (Å²) in [6, 6.07) is 6.64. The van der Waals surface area contributed by atoms with Crippen molar-refractivity contribution in [1.29, 1.82) is 0 Å². The second-order valence-electron chi connectivity index (χ2n) is 6.55. The number of anilines is 1. The fourth-order valence-corrected chi connectivity index (χ4v) is 4.32. The van der Waals surface area contributed by atoms with Crippen LogP contribution in [0.2, 0.25) is 0 Å². The van der Waals surface area contributed by atoms with E-state index >= 15 is 0 Å². The molecular formula is C18H28N2O3S. The monoisotopic (exact) mass is 352 g/mol. The Balaban J connectivity index is 1.86. The molecule has 0 heterocycles. The smallest absolute Gasteiger partial charge is 0.251 e. The molecular weight excluding hydrogens is 324 g/mol. The van der Waals surface area contributed by atoms with E-state index in [1.165, 1.54) is 32.1 Å². The molecule has 0 unspecified atom stereocenters. The minimum Gasteiger partial charge on any atom is -0.352 e. The molecule has 0 aliphatic heterocycles. The van der Waals surface area contributed by atoms with Gasteiger partial charge in [0, 0.05) is 17.8 Å². The number of rotatable bonds is 8. The molecule has 0 radical (unpaired) electrons. The third-order valence-electron chi connectivity index (χ3n) is 4.43. The zero-order chi connectivity index (χ0) is 17.4.